The van der Waals surface area contributed by atoms with Gasteiger partial charge in [-0.15, -0.1) is 12.3 Å². The molecular formula is C23H26O2. The Kier molecular flexibility index (Phi) is 6.54. The zero-order chi connectivity index (χ0) is 17.3. The van der Waals surface area contributed by atoms with Gasteiger partial charge in [0.15, 0.2) is 6.29 Å². The lowest BCUT2D eigenvalue weighted by Gasteiger charge is -2.23. The third-order valence-electron chi connectivity index (χ3n) is 4.56. The van der Waals surface area contributed by atoms with Crippen molar-refractivity contribution in [3.05, 3.63) is 54.1 Å². The van der Waals surface area contributed by atoms with Gasteiger partial charge in [-0.2, -0.15) is 0 Å². The van der Waals surface area contributed by atoms with E-state index in [1.807, 2.05) is 12.1 Å². The average Bonchev–Trinajstić information content (AvgIpc) is 2.67. The van der Waals surface area contributed by atoms with Crippen LogP contribution in [-0.2, 0) is 11.2 Å². The highest BCUT2D eigenvalue weighted by molar-refractivity contribution is 5.64. The van der Waals surface area contributed by atoms with Crippen molar-refractivity contribution in [2.24, 2.45) is 0 Å². The fourth-order valence-electron chi connectivity index (χ4n) is 3.14. The standard InChI is InChI=1S/C23H26O2/c1-2-3-4-5-9-19-10-8-11-21(18-19)20-13-15-22(16-14-20)25-23-12-6-7-17-24-23/h1,8,10-11,13-16,18,23H,3-7,9,12,17H2. The van der Waals surface area contributed by atoms with E-state index in [0.29, 0.717) is 0 Å². The van der Waals surface area contributed by atoms with Crippen LogP contribution in [0, 0.1) is 12.3 Å². The summed E-state index contributed by atoms with van der Waals surface area (Å²) in [5.74, 6) is 3.58. The minimum Gasteiger partial charge on any atom is -0.465 e. The highest BCUT2D eigenvalue weighted by Gasteiger charge is 2.15. The number of terminal acetylenes is 1. The highest BCUT2D eigenvalue weighted by Crippen LogP contribution is 2.25. The molecule has 0 bridgehead atoms. The van der Waals surface area contributed by atoms with Gasteiger partial charge in [0.1, 0.15) is 5.75 Å². The summed E-state index contributed by atoms with van der Waals surface area (Å²) in [7, 11) is 0. The summed E-state index contributed by atoms with van der Waals surface area (Å²) < 4.78 is 11.5. The second kappa shape index (κ2) is 9.30. The van der Waals surface area contributed by atoms with Crippen molar-refractivity contribution >= 4 is 0 Å². The molecular weight excluding hydrogens is 308 g/mol. The third-order valence-corrected chi connectivity index (χ3v) is 4.56. The van der Waals surface area contributed by atoms with E-state index >= 15 is 0 Å². The molecule has 0 saturated carbocycles. The largest absolute Gasteiger partial charge is 0.465 e. The smallest absolute Gasteiger partial charge is 0.199 e. The molecule has 1 aliphatic heterocycles. The zero-order valence-corrected chi connectivity index (χ0v) is 14.7. The van der Waals surface area contributed by atoms with Crippen molar-refractivity contribution in [2.45, 2.75) is 51.2 Å². The van der Waals surface area contributed by atoms with E-state index in [-0.39, 0.29) is 6.29 Å². The molecule has 3 rings (SSSR count). The van der Waals surface area contributed by atoms with E-state index in [1.165, 1.54) is 23.1 Å². The molecule has 1 heterocycles. The number of hydrogen-bond donors (Lipinski definition) is 0. The van der Waals surface area contributed by atoms with Gasteiger partial charge < -0.3 is 9.47 Å². The number of hydrogen-bond acceptors (Lipinski definition) is 2. The second-order valence-electron chi connectivity index (χ2n) is 6.55. The van der Waals surface area contributed by atoms with Crippen LogP contribution in [0.25, 0.3) is 11.1 Å². The van der Waals surface area contributed by atoms with Gasteiger partial charge >= 0.3 is 0 Å². The Bertz CT molecular complexity index is 691. The predicted octanol–water partition coefficient (Wildman–Crippen LogP) is 5.61. The number of benzene rings is 2. The normalized spacial score (nSPS) is 17.0. The lowest BCUT2D eigenvalue weighted by molar-refractivity contribution is -0.105. The summed E-state index contributed by atoms with van der Waals surface area (Å²) in [5, 5.41) is 0. The topological polar surface area (TPSA) is 18.5 Å². The first-order valence-corrected chi connectivity index (χ1v) is 9.26. The van der Waals surface area contributed by atoms with Crippen LogP contribution >= 0.6 is 0 Å². The van der Waals surface area contributed by atoms with Gasteiger partial charge in [0.2, 0.25) is 0 Å². The summed E-state index contributed by atoms with van der Waals surface area (Å²) in [6, 6.07) is 17.1. The molecule has 0 amide bonds. The molecule has 2 aromatic rings. The van der Waals surface area contributed by atoms with Gasteiger partial charge in [-0.25, -0.2) is 0 Å². The predicted molar refractivity (Wildman–Crippen MR) is 102 cm³/mol. The Hall–Kier alpha value is -2.24. The highest BCUT2D eigenvalue weighted by atomic mass is 16.7. The quantitative estimate of drug-likeness (QED) is 0.484. The van der Waals surface area contributed by atoms with Crippen molar-refractivity contribution < 1.29 is 9.47 Å². The lowest BCUT2D eigenvalue weighted by atomic mass is 10.00. The molecule has 2 aromatic carbocycles. The molecule has 0 spiro atoms. The van der Waals surface area contributed by atoms with Crippen LogP contribution in [0.4, 0.5) is 0 Å². The summed E-state index contributed by atoms with van der Waals surface area (Å²) in [4.78, 5) is 0. The van der Waals surface area contributed by atoms with Crippen LogP contribution in [0.3, 0.4) is 0 Å². The zero-order valence-electron chi connectivity index (χ0n) is 14.7. The number of ether oxygens (including phenoxy) is 2. The van der Waals surface area contributed by atoms with E-state index in [0.717, 1.165) is 50.9 Å². The molecule has 1 aliphatic rings. The van der Waals surface area contributed by atoms with Crippen LogP contribution in [0.15, 0.2) is 48.5 Å². The molecule has 25 heavy (non-hydrogen) atoms. The Labute approximate surface area is 151 Å². The summed E-state index contributed by atoms with van der Waals surface area (Å²) in [6.45, 7) is 0.802. The summed E-state index contributed by atoms with van der Waals surface area (Å²) in [6.07, 6.45) is 12.7. The fourth-order valence-corrected chi connectivity index (χ4v) is 3.14. The third kappa shape index (κ3) is 5.37. The molecule has 1 atom stereocenters. The average molecular weight is 334 g/mol. The second-order valence-corrected chi connectivity index (χ2v) is 6.55. The lowest BCUT2D eigenvalue weighted by Crippen LogP contribution is -2.24. The van der Waals surface area contributed by atoms with Crippen LogP contribution in [-0.4, -0.2) is 12.9 Å². The summed E-state index contributed by atoms with van der Waals surface area (Å²) >= 11 is 0. The van der Waals surface area contributed by atoms with Crippen LogP contribution in [0.5, 0.6) is 5.75 Å². The van der Waals surface area contributed by atoms with Gasteiger partial charge in [-0.05, 0) is 60.9 Å². The van der Waals surface area contributed by atoms with Gasteiger partial charge in [0, 0.05) is 12.8 Å². The van der Waals surface area contributed by atoms with E-state index in [2.05, 4.69) is 42.3 Å². The Balaban J connectivity index is 1.60. The fraction of sp³-hybridized carbons (Fsp3) is 0.391. The number of rotatable bonds is 7. The number of unbranched alkanes of at least 4 members (excludes halogenated alkanes) is 2. The van der Waals surface area contributed by atoms with Gasteiger partial charge in [-0.3, -0.25) is 0 Å². The van der Waals surface area contributed by atoms with Crippen LogP contribution in [0.2, 0.25) is 0 Å². The van der Waals surface area contributed by atoms with E-state index < -0.39 is 0 Å². The minimum absolute atomic E-state index is 0.0917. The molecule has 130 valence electrons. The maximum absolute atomic E-state index is 5.91. The molecule has 0 radical (unpaired) electrons. The van der Waals surface area contributed by atoms with Crippen molar-refractivity contribution in [2.75, 3.05) is 6.61 Å². The molecule has 0 aliphatic carbocycles. The van der Waals surface area contributed by atoms with Crippen LogP contribution in [0.1, 0.15) is 44.1 Å². The molecule has 1 saturated heterocycles. The molecule has 0 aromatic heterocycles. The molecule has 0 N–H and O–H groups in total. The first-order chi connectivity index (χ1) is 12.3. The van der Waals surface area contributed by atoms with E-state index in [9.17, 15) is 0 Å². The monoisotopic (exact) mass is 334 g/mol. The molecule has 1 fully saturated rings. The van der Waals surface area contributed by atoms with Crippen molar-refractivity contribution in [3.63, 3.8) is 0 Å². The molecule has 2 nitrogen and oxygen atoms in total. The summed E-state index contributed by atoms with van der Waals surface area (Å²) in [5.41, 5.74) is 3.82. The van der Waals surface area contributed by atoms with E-state index in [4.69, 9.17) is 15.9 Å². The van der Waals surface area contributed by atoms with Crippen molar-refractivity contribution in [1.82, 2.24) is 0 Å². The van der Waals surface area contributed by atoms with Gasteiger partial charge in [0.05, 0.1) is 6.61 Å². The van der Waals surface area contributed by atoms with E-state index in [1.54, 1.807) is 0 Å². The Morgan fingerprint density at radius 3 is 2.68 bits per heavy atom. The Morgan fingerprint density at radius 2 is 1.92 bits per heavy atom. The van der Waals surface area contributed by atoms with Gasteiger partial charge in [0.25, 0.3) is 0 Å². The molecule has 1 unspecified atom stereocenters. The van der Waals surface area contributed by atoms with Gasteiger partial charge in [-0.1, -0.05) is 36.4 Å². The maximum Gasteiger partial charge on any atom is 0.199 e. The number of aryl methyl sites for hydroxylation is 1. The van der Waals surface area contributed by atoms with Crippen LogP contribution < -0.4 is 4.74 Å². The maximum atomic E-state index is 5.91. The first kappa shape index (κ1) is 17.6. The molecule has 2 heteroatoms. The SMILES string of the molecule is C#CCCCCc1cccc(-c2ccc(OC3CCCCO3)cc2)c1. The van der Waals surface area contributed by atoms with Crippen molar-refractivity contribution in [3.8, 4) is 29.2 Å². The minimum atomic E-state index is -0.0917. The first-order valence-electron chi connectivity index (χ1n) is 9.26. The van der Waals surface area contributed by atoms with Crippen molar-refractivity contribution in [1.29, 1.82) is 0 Å². The Morgan fingerprint density at radius 1 is 1.04 bits per heavy atom.